The monoisotopic (exact) mass is 714 g/mol. The summed E-state index contributed by atoms with van der Waals surface area (Å²) in [6.07, 6.45) is 8.44. The molecule has 3 amide bonds. The second-order valence-electron chi connectivity index (χ2n) is 13.0. The lowest BCUT2D eigenvalue weighted by Crippen LogP contribution is -2.57. The number of carbonyl (C=O) groups excluding carboxylic acids is 3. The van der Waals surface area contributed by atoms with Gasteiger partial charge in [0, 0.05) is 80.6 Å². The van der Waals surface area contributed by atoms with Crippen LogP contribution in [0.5, 0.6) is 0 Å². The van der Waals surface area contributed by atoms with E-state index in [4.69, 9.17) is 16.5 Å². The minimum Gasteiger partial charge on any atom is -0.362 e. The Kier molecular flexibility index (Phi) is 13.4. The molecule has 8 N–H and O–H groups in total. The van der Waals surface area contributed by atoms with Gasteiger partial charge < -0.3 is 42.2 Å². The smallest absolute Gasteiger partial charge is 0.245 e. The number of H-pyrrole nitrogens is 1. The van der Waals surface area contributed by atoms with E-state index >= 15 is 0 Å². The number of nitrogens with zero attached hydrogens (tertiary/aromatic N) is 4. The number of rotatable bonds is 10. The van der Waals surface area contributed by atoms with Crippen LogP contribution in [-0.2, 0) is 33.9 Å². The number of unbranched alkanes of at least 4 members (excludes halogenated alkanes) is 1. The number of nitrogens with two attached hydrogens (primary N) is 2. The number of anilines is 1. The lowest BCUT2D eigenvalue weighted by atomic mass is 10.0. The molecule has 4 aromatic rings. The zero-order chi connectivity index (χ0) is 36.3. The molecule has 0 radical (unpaired) electrons. The summed E-state index contributed by atoms with van der Waals surface area (Å²) in [6, 6.07) is 11.3. The molecule has 0 unspecified atom stereocenters. The third-order valence-electron chi connectivity index (χ3n) is 9.23. The van der Waals surface area contributed by atoms with Crippen LogP contribution in [0.2, 0.25) is 0 Å². The first-order chi connectivity index (χ1) is 24.7. The summed E-state index contributed by atoms with van der Waals surface area (Å²) in [4.78, 5) is 59.7. The second-order valence-corrected chi connectivity index (χ2v) is 14.1. The van der Waals surface area contributed by atoms with Crippen molar-refractivity contribution in [1.82, 2.24) is 35.8 Å². The average molecular weight is 715 g/mol. The quantitative estimate of drug-likeness (QED) is 0.133. The fraction of sp³-hybridized carbons (Fsp3) is 0.432. The molecule has 1 aliphatic heterocycles. The van der Waals surface area contributed by atoms with E-state index in [-0.39, 0.29) is 30.7 Å². The number of amides is 3. The van der Waals surface area contributed by atoms with E-state index in [0.29, 0.717) is 57.6 Å². The minimum absolute atomic E-state index is 0.174. The van der Waals surface area contributed by atoms with Crippen molar-refractivity contribution in [3.8, 4) is 0 Å². The lowest BCUT2D eigenvalue weighted by molar-refractivity contribution is -0.142. The fourth-order valence-electron chi connectivity index (χ4n) is 6.38. The highest BCUT2D eigenvalue weighted by molar-refractivity contribution is 7.99. The van der Waals surface area contributed by atoms with Gasteiger partial charge in [-0.25, -0.2) is 9.97 Å². The predicted molar refractivity (Wildman–Crippen MR) is 201 cm³/mol. The normalized spacial score (nSPS) is 19.2. The predicted octanol–water partition coefficient (Wildman–Crippen LogP) is 2.69. The largest absolute Gasteiger partial charge is 0.362 e. The minimum atomic E-state index is -0.884. The molecule has 0 saturated carbocycles. The summed E-state index contributed by atoms with van der Waals surface area (Å²) in [5, 5.41) is 11.4. The van der Waals surface area contributed by atoms with Crippen LogP contribution in [0.4, 0.5) is 5.82 Å². The maximum Gasteiger partial charge on any atom is 0.245 e. The molecule has 4 heterocycles. The molecule has 3 aromatic heterocycles. The summed E-state index contributed by atoms with van der Waals surface area (Å²) >= 11 is 1.48. The van der Waals surface area contributed by atoms with Gasteiger partial charge in [-0.2, -0.15) is 0 Å². The number of carbonyl (C=O) groups is 3. The first-order valence-corrected chi connectivity index (χ1v) is 18.3. The van der Waals surface area contributed by atoms with Crippen molar-refractivity contribution < 1.29 is 14.4 Å². The number of aromatic nitrogens is 3. The molecule has 0 saturated heterocycles. The van der Waals surface area contributed by atoms with Gasteiger partial charge in [0.05, 0.1) is 6.04 Å². The fourth-order valence-corrected chi connectivity index (χ4v) is 7.39. The Morgan fingerprint density at radius 3 is 2.47 bits per heavy atom. The van der Waals surface area contributed by atoms with Gasteiger partial charge in [0.1, 0.15) is 22.9 Å². The molecule has 0 spiro atoms. The van der Waals surface area contributed by atoms with Crippen molar-refractivity contribution >= 4 is 46.2 Å². The number of nitrogens with one attached hydrogen (secondary N) is 4. The Balaban J connectivity index is 1.59. The number of likely N-dealkylation sites (N-methyl/N-ethyl adjacent to an activating group) is 1. The van der Waals surface area contributed by atoms with Crippen molar-refractivity contribution in [3.63, 3.8) is 0 Å². The van der Waals surface area contributed by atoms with E-state index in [0.717, 1.165) is 37.5 Å². The Labute approximate surface area is 303 Å². The van der Waals surface area contributed by atoms with E-state index in [1.54, 1.807) is 19.4 Å². The number of hydrogen-bond donors (Lipinski definition) is 6. The van der Waals surface area contributed by atoms with Crippen LogP contribution >= 0.6 is 11.8 Å². The topological polar surface area (TPSA) is 187 Å². The van der Waals surface area contributed by atoms with Gasteiger partial charge >= 0.3 is 0 Å². The zero-order valence-corrected chi connectivity index (χ0v) is 30.5. The average Bonchev–Trinajstić information content (AvgIpc) is 3.55. The van der Waals surface area contributed by atoms with Gasteiger partial charge in [0.15, 0.2) is 0 Å². The standard InChI is InChI=1S/C37H50N10O3S/c1-46(2)33-27-23-44-35(49)31(20-25-22-42-28-12-5-4-11-26(25)28)47(3)37(50)30(13-6-7-16-38)45-34(48)29(14-8-17-39)43-21-24-10-9-18-41-36(24)51-32(27)15-19-40-33/h4-5,9-12,15,18-19,22,29-31,42-43H,6-8,13-14,16-17,20-21,23,38-39H2,1-3H3,(H,44,49)(H,45,48)/t29-,30-,31-/m0/s1. The maximum atomic E-state index is 14.4. The summed E-state index contributed by atoms with van der Waals surface area (Å²) in [6.45, 7) is 1.43. The first kappa shape index (κ1) is 37.7. The molecule has 272 valence electrons. The third-order valence-corrected chi connectivity index (χ3v) is 10.4. The lowest BCUT2D eigenvalue weighted by Gasteiger charge is -2.32. The Morgan fingerprint density at radius 2 is 1.69 bits per heavy atom. The molecular weight excluding hydrogens is 665 g/mol. The summed E-state index contributed by atoms with van der Waals surface area (Å²) < 4.78 is 0. The molecule has 3 atom stereocenters. The van der Waals surface area contributed by atoms with E-state index in [1.165, 1.54) is 16.7 Å². The number of pyridine rings is 2. The number of benzene rings is 1. The number of para-hydroxylation sites is 1. The van der Waals surface area contributed by atoms with Crippen LogP contribution in [-0.4, -0.2) is 89.9 Å². The van der Waals surface area contributed by atoms with Crippen LogP contribution < -0.4 is 32.3 Å². The Hall–Kier alpha value is -4.50. The molecule has 0 bridgehead atoms. The van der Waals surface area contributed by atoms with Gasteiger partial charge in [-0.15, -0.1) is 0 Å². The van der Waals surface area contributed by atoms with E-state index in [9.17, 15) is 14.4 Å². The van der Waals surface area contributed by atoms with Crippen molar-refractivity contribution in [3.05, 3.63) is 77.7 Å². The van der Waals surface area contributed by atoms with Crippen LogP contribution in [0.3, 0.4) is 0 Å². The van der Waals surface area contributed by atoms with Gasteiger partial charge in [0.25, 0.3) is 0 Å². The van der Waals surface area contributed by atoms with Crippen LogP contribution in [0, 0.1) is 0 Å². The van der Waals surface area contributed by atoms with E-state index in [2.05, 4.69) is 25.9 Å². The van der Waals surface area contributed by atoms with Crippen LogP contribution in [0.25, 0.3) is 10.9 Å². The van der Waals surface area contributed by atoms with Crippen molar-refractivity contribution in [2.75, 3.05) is 39.1 Å². The maximum absolute atomic E-state index is 14.4. The molecule has 1 aromatic carbocycles. The van der Waals surface area contributed by atoms with E-state index in [1.807, 2.05) is 67.7 Å². The molecule has 0 fully saturated rings. The van der Waals surface area contributed by atoms with Gasteiger partial charge in [-0.05, 0) is 74.5 Å². The summed E-state index contributed by atoms with van der Waals surface area (Å²) in [5.74, 6) is -0.250. The Morgan fingerprint density at radius 1 is 0.902 bits per heavy atom. The highest BCUT2D eigenvalue weighted by atomic mass is 32.2. The highest BCUT2D eigenvalue weighted by Crippen LogP contribution is 2.34. The molecule has 13 nitrogen and oxygen atoms in total. The first-order valence-electron chi connectivity index (χ1n) is 17.5. The summed E-state index contributed by atoms with van der Waals surface area (Å²) in [5.41, 5.74) is 15.3. The molecule has 14 heteroatoms. The van der Waals surface area contributed by atoms with E-state index < -0.39 is 18.1 Å². The van der Waals surface area contributed by atoms with Crippen molar-refractivity contribution in [2.24, 2.45) is 11.5 Å². The van der Waals surface area contributed by atoms with Gasteiger partial charge in [-0.3, -0.25) is 14.4 Å². The van der Waals surface area contributed by atoms with Gasteiger partial charge in [0.2, 0.25) is 17.7 Å². The highest BCUT2D eigenvalue weighted by Gasteiger charge is 2.34. The van der Waals surface area contributed by atoms with Crippen LogP contribution in [0.1, 0.15) is 48.8 Å². The van der Waals surface area contributed by atoms with Crippen molar-refractivity contribution in [2.45, 2.75) is 79.7 Å². The van der Waals surface area contributed by atoms with Crippen molar-refractivity contribution in [1.29, 1.82) is 0 Å². The molecule has 1 aliphatic rings. The molecule has 5 rings (SSSR count). The second kappa shape index (κ2) is 18.1. The van der Waals surface area contributed by atoms with Crippen LogP contribution in [0.15, 0.2) is 71.0 Å². The number of fused-ring (bicyclic) bond motifs is 3. The molecule has 51 heavy (non-hydrogen) atoms. The third kappa shape index (κ3) is 9.44. The number of hydrogen-bond acceptors (Lipinski definition) is 10. The Bertz CT molecular complexity index is 1800. The summed E-state index contributed by atoms with van der Waals surface area (Å²) in [7, 11) is 5.47. The number of aromatic amines is 1. The SMILES string of the molecule is CN(C)c1nccc2c1CNC(=O)[C@H](Cc1c[nH]c3ccccc13)N(C)C(=O)[C@H](CCCCN)NC(=O)[C@H](CCCN)NCc1cccnc1S2. The van der Waals surface area contributed by atoms with Gasteiger partial charge in [-0.1, -0.05) is 36.0 Å². The zero-order valence-electron chi connectivity index (χ0n) is 29.7. The molecular formula is C37H50N10O3S. The molecule has 0 aliphatic carbocycles.